The number of hydrogen-bond donors (Lipinski definition) is 0. The van der Waals surface area contributed by atoms with Crippen molar-refractivity contribution in [2.24, 2.45) is 0 Å². The highest BCUT2D eigenvalue weighted by molar-refractivity contribution is 6.42. The summed E-state index contributed by atoms with van der Waals surface area (Å²) in [5, 5.41) is 1.10. The molecule has 0 saturated heterocycles. The summed E-state index contributed by atoms with van der Waals surface area (Å²) in [6.07, 6.45) is 1.92. The summed E-state index contributed by atoms with van der Waals surface area (Å²) in [7, 11) is 0. The van der Waals surface area contributed by atoms with E-state index >= 15 is 0 Å². The van der Waals surface area contributed by atoms with Crippen molar-refractivity contribution in [3.63, 3.8) is 0 Å². The van der Waals surface area contributed by atoms with Crippen molar-refractivity contribution in [1.82, 2.24) is 0 Å². The molecule has 0 saturated carbocycles. The second-order valence-corrected chi connectivity index (χ2v) is 3.96. The van der Waals surface area contributed by atoms with Crippen LogP contribution in [-0.2, 0) is 11.2 Å². The molecule has 0 aliphatic heterocycles. The molecule has 0 aliphatic carbocycles. The van der Waals surface area contributed by atoms with Crippen LogP contribution in [0.25, 0.3) is 0 Å². The quantitative estimate of drug-likeness (QED) is 0.767. The highest BCUT2D eigenvalue weighted by Gasteiger charge is 2.02. The molecule has 1 aromatic carbocycles. The number of carbonyl (C=O) groups excluding carboxylic acids is 1. The van der Waals surface area contributed by atoms with Crippen molar-refractivity contribution >= 4 is 29.0 Å². The molecule has 0 fully saturated rings. The van der Waals surface area contributed by atoms with Gasteiger partial charge in [0, 0.05) is 12.8 Å². The summed E-state index contributed by atoms with van der Waals surface area (Å²) in [6, 6.07) is 5.47. The number of benzene rings is 1. The van der Waals surface area contributed by atoms with E-state index in [1.165, 1.54) is 0 Å². The Balaban J connectivity index is 2.60. The van der Waals surface area contributed by atoms with Gasteiger partial charge < -0.3 is 0 Å². The second kappa shape index (κ2) is 5.38. The van der Waals surface area contributed by atoms with Gasteiger partial charge in [0.25, 0.3) is 0 Å². The number of carbonyl (C=O) groups is 1. The van der Waals surface area contributed by atoms with E-state index in [0.717, 1.165) is 12.0 Å². The molecular formula is C11H12Cl2O. The average Bonchev–Trinajstić information content (AvgIpc) is 2.19. The number of rotatable bonds is 4. The Morgan fingerprint density at radius 1 is 1.29 bits per heavy atom. The Kier molecular flexibility index (Phi) is 4.43. The predicted molar refractivity (Wildman–Crippen MR) is 60.1 cm³/mol. The molecule has 14 heavy (non-hydrogen) atoms. The van der Waals surface area contributed by atoms with Gasteiger partial charge in [0.2, 0.25) is 0 Å². The smallest absolute Gasteiger partial charge is 0.132 e. The molecule has 1 nitrogen and oxygen atoms in total. The van der Waals surface area contributed by atoms with Gasteiger partial charge in [0.1, 0.15) is 5.78 Å². The van der Waals surface area contributed by atoms with E-state index in [4.69, 9.17) is 23.2 Å². The van der Waals surface area contributed by atoms with Crippen LogP contribution >= 0.6 is 23.2 Å². The summed E-state index contributed by atoms with van der Waals surface area (Å²) in [4.78, 5) is 11.1. The van der Waals surface area contributed by atoms with E-state index in [1.807, 2.05) is 19.1 Å². The van der Waals surface area contributed by atoms with Crippen molar-refractivity contribution < 1.29 is 4.79 Å². The van der Waals surface area contributed by atoms with E-state index in [1.54, 1.807) is 6.07 Å². The van der Waals surface area contributed by atoms with Crippen LogP contribution in [0.4, 0.5) is 0 Å². The summed E-state index contributed by atoms with van der Waals surface area (Å²) in [5.74, 6) is 0.274. The van der Waals surface area contributed by atoms with E-state index in [9.17, 15) is 4.79 Å². The summed E-state index contributed by atoms with van der Waals surface area (Å²) >= 11 is 11.6. The van der Waals surface area contributed by atoms with Crippen LogP contribution in [0, 0.1) is 0 Å². The number of Topliss-reactive ketones (excluding diaryl/α,β-unsaturated/α-hetero) is 1. The van der Waals surface area contributed by atoms with Gasteiger partial charge in [-0.2, -0.15) is 0 Å². The Morgan fingerprint density at radius 3 is 2.57 bits per heavy atom. The molecule has 0 heterocycles. The normalized spacial score (nSPS) is 10.2. The minimum Gasteiger partial charge on any atom is -0.300 e. The molecule has 0 amide bonds. The molecule has 0 aromatic heterocycles. The Bertz CT molecular complexity index is 334. The topological polar surface area (TPSA) is 17.1 Å². The third-order valence-corrected chi connectivity index (χ3v) is 2.81. The lowest BCUT2D eigenvalue weighted by atomic mass is 10.1. The molecule has 0 atom stereocenters. The van der Waals surface area contributed by atoms with Gasteiger partial charge in [0.05, 0.1) is 10.0 Å². The van der Waals surface area contributed by atoms with Crippen LogP contribution < -0.4 is 0 Å². The van der Waals surface area contributed by atoms with Crippen molar-refractivity contribution in [1.29, 1.82) is 0 Å². The molecule has 0 spiro atoms. The van der Waals surface area contributed by atoms with E-state index in [0.29, 0.717) is 22.9 Å². The third-order valence-electron chi connectivity index (χ3n) is 2.07. The summed E-state index contributed by atoms with van der Waals surface area (Å²) in [5.41, 5.74) is 1.06. The maximum Gasteiger partial charge on any atom is 0.132 e. The molecule has 1 aromatic rings. The van der Waals surface area contributed by atoms with E-state index in [-0.39, 0.29) is 5.78 Å². The van der Waals surface area contributed by atoms with Crippen molar-refractivity contribution in [2.75, 3.05) is 0 Å². The lowest BCUT2D eigenvalue weighted by Crippen LogP contribution is -1.97. The van der Waals surface area contributed by atoms with Crippen molar-refractivity contribution in [3.8, 4) is 0 Å². The van der Waals surface area contributed by atoms with Gasteiger partial charge in [0.15, 0.2) is 0 Å². The Labute approximate surface area is 94.0 Å². The zero-order chi connectivity index (χ0) is 10.6. The standard InChI is InChI=1S/C11H12Cl2O/c1-2-9(14)5-3-8-4-6-10(12)11(13)7-8/h4,6-7H,2-3,5H2,1H3. The summed E-state index contributed by atoms with van der Waals surface area (Å²) in [6.45, 7) is 1.87. The fourth-order valence-corrected chi connectivity index (χ4v) is 1.48. The number of ketones is 1. The van der Waals surface area contributed by atoms with Crippen molar-refractivity contribution in [3.05, 3.63) is 33.8 Å². The van der Waals surface area contributed by atoms with Gasteiger partial charge in [-0.05, 0) is 24.1 Å². The lowest BCUT2D eigenvalue weighted by Gasteiger charge is -2.01. The van der Waals surface area contributed by atoms with E-state index in [2.05, 4.69) is 0 Å². The summed E-state index contributed by atoms with van der Waals surface area (Å²) < 4.78 is 0. The SMILES string of the molecule is CCC(=O)CCc1ccc(Cl)c(Cl)c1. The highest BCUT2D eigenvalue weighted by atomic mass is 35.5. The largest absolute Gasteiger partial charge is 0.300 e. The van der Waals surface area contributed by atoms with Gasteiger partial charge in [-0.3, -0.25) is 4.79 Å². The lowest BCUT2D eigenvalue weighted by molar-refractivity contribution is -0.118. The molecule has 0 radical (unpaired) electrons. The number of halogens is 2. The van der Waals surface area contributed by atoms with Gasteiger partial charge in [-0.1, -0.05) is 36.2 Å². The van der Waals surface area contributed by atoms with Crippen LogP contribution in [0.2, 0.25) is 10.0 Å². The molecule has 0 aliphatic rings. The second-order valence-electron chi connectivity index (χ2n) is 3.14. The Hall–Kier alpha value is -0.530. The molecular weight excluding hydrogens is 219 g/mol. The fourth-order valence-electron chi connectivity index (χ4n) is 1.16. The van der Waals surface area contributed by atoms with Crippen LogP contribution in [0.15, 0.2) is 18.2 Å². The highest BCUT2D eigenvalue weighted by Crippen LogP contribution is 2.23. The first-order valence-corrected chi connectivity index (χ1v) is 5.34. The third kappa shape index (κ3) is 3.32. The minimum absolute atomic E-state index is 0.274. The first-order chi connectivity index (χ1) is 6.63. The van der Waals surface area contributed by atoms with Crippen molar-refractivity contribution in [2.45, 2.75) is 26.2 Å². The molecule has 1 rings (SSSR count). The molecule has 3 heteroatoms. The first-order valence-electron chi connectivity index (χ1n) is 4.59. The average molecular weight is 231 g/mol. The zero-order valence-electron chi connectivity index (χ0n) is 8.02. The Morgan fingerprint density at radius 2 is 2.00 bits per heavy atom. The van der Waals surface area contributed by atoms with Crippen LogP contribution in [0.3, 0.4) is 0 Å². The van der Waals surface area contributed by atoms with Gasteiger partial charge in [-0.25, -0.2) is 0 Å². The monoisotopic (exact) mass is 230 g/mol. The molecule has 76 valence electrons. The fraction of sp³-hybridized carbons (Fsp3) is 0.364. The van der Waals surface area contributed by atoms with E-state index < -0.39 is 0 Å². The molecule has 0 bridgehead atoms. The first kappa shape index (κ1) is 11.5. The minimum atomic E-state index is 0.274. The number of aryl methyl sites for hydroxylation is 1. The maximum absolute atomic E-state index is 11.1. The predicted octanol–water partition coefficient (Wildman–Crippen LogP) is 3.91. The molecule has 0 N–H and O–H groups in total. The van der Waals surface area contributed by atoms with Gasteiger partial charge in [-0.15, -0.1) is 0 Å². The van der Waals surface area contributed by atoms with Crippen LogP contribution in [0.5, 0.6) is 0 Å². The number of hydrogen-bond acceptors (Lipinski definition) is 1. The zero-order valence-corrected chi connectivity index (χ0v) is 9.53. The van der Waals surface area contributed by atoms with Crippen LogP contribution in [0.1, 0.15) is 25.3 Å². The molecule has 0 unspecified atom stereocenters. The van der Waals surface area contributed by atoms with Gasteiger partial charge >= 0.3 is 0 Å². The maximum atomic E-state index is 11.1. The van der Waals surface area contributed by atoms with Crippen LogP contribution in [-0.4, -0.2) is 5.78 Å².